The van der Waals surface area contributed by atoms with Crippen LogP contribution in [0.1, 0.15) is 19.8 Å². The Bertz CT molecular complexity index is 624. The van der Waals surface area contributed by atoms with Crippen LogP contribution in [-0.4, -0.2) is 30.9 Å². The summed E-state index contributed by atoms with van der Waals surface area (Å²) in [7, 11) is 0. The summed E-state index contributed by atoms with van der Waals surface area (Å²) in [6.45, 7) is 2.73. The molecule has 2 amide bonds. The van der Waals surface area contributed by atoms with Gasteiger partial charge in [-0.05, 0) is 31.9 Å². The molecule has 0 aromatic heterocycles. The molecule has 23 heavy (non-hydrogen) atoms. The fraction of sp³-hybridized carbons (Fsp3) is 0.467. The van der Waals surface area contributed by atoms with Crippen molar-refractivity contribution in [2.75, 3.05) is 18.4 Å². The van der Waals surface area contributed by atoms with Crippen molar-refractivity contribution in [1.29, 1.82) is 0 Å². The number of benzene rings is 1. The lowest BCUT2D eigenvalue weighted by Crippen LogP contribution is -3.18. The van der Waals surface area contributed by atoms with Crippen molar-refractivity contribution in [3.8, 4) is 0 Å². The predicted octanol–water partition coefficient (Wildman–Crippen LogP) is 0.211. The number of hydrogen-bond donors (Lipinski definition) is 3. The molecule has 0 spiro atoms. The number of quaternary nitrogens is 1. The average molecular weight is 330 g/mol. The number of piperidine rings is 1. The summed E-state index contributed by atoms with van der Waals surface area (Å²) in [6, 6.07) is 1.13. The number of hydrogen-bond acceptors (Lipinski definition) is 2. The van der Waals surface area contributed by atoms with E-state index in [4.69, 9.17) is 5.73 Å². The van der Waals surface area contributed by atoms with Crippen LogP contribution >= 0.6 is 0 Å². The van der Waals surface area contributed by atoms with E-state index in [1.807, 2.05) is 0 Å². The fourth-order valence-corrected chi connectivity index (χ4v) is 2.78. The lowest BCUT2D eigenvalue weighted by Gasteiger charge is -2.31. The Hall–Kier alpha value is -2.09. The SMILES string of the molecule is C[C@H](C(=O)Nc1ccc(F)c(F)c1F)[NH+]1CCC[C@H](C(N)=O)C1. The monoisotopic (exact) mass is 330 g/mol. The molecular weight excluding hydrogens is 311 g/mol. The van der Waals surface area contributed by atoms with E-state index in [9.17, 15) is 22.8 Å². The minimum absolute atomic E-state index is 0.297. The number of anilines is 1. The molecule has 1 heterocycles. The largest absolute Gasteiger partial charge is 0.369 e. The molecule has 5 nitrogen and oxygen atoms in total. The highest BCUT2D eigenvalue weighted by Crippen LogP contribution is 2.19. The number of amides is 2. The summed E-state index contributed by atoms with van der Waals surface area (Å²) < 4.78 is 39.7. The molecule has 2 rings (SSSR count). The van der Waals surface area contributed by atoms with E-state index in [1.165, 1.54) is 0 Å². The van der Waals surface area contributed by atoms with Gasteiger partial charge in [0.25, 0.3) is 5.91 Å². The van der Waals surface area contributed by atoms with Crippen molar-refractivity contribution < 1.29 is 27.7 Å². The molecule has 1 fully saturated rings. The van der Waals surface area contributed by atoms with Crippen LogP contribution in [0.5, 0.6) is 0 Å². The van der Waals surface area contributed by atoms with Crippen molar-refractivity contribution in [2.45, 2.75) is 25.8 Å². The van der Waals surface area contributed by atoms with Gasteiger partial charge in [0.05, 0.1) is 24.7 Å². The highest BCUT2D eigenvalue weighted by molar-refractivity contribution is 5.93. The Kier molecular flexibility index (Phi) is 5.25. The van der Waals surface area contributed by atoms with Crippen LogP contribution in [0.2, 0.25) is 0 Å². The zero-order valence-electron chi connectivity index (χ0n) is 12.7. The zero-order valence-corrected chi connectivity index (χ0v) is 12.7. The summed E-state index contributed by atoms with van der Waals surface area (Å²) >= 11 is 0. The molecule has 126 valence electrons. The summed E-state index contributed by atoms with van der Waals surface area (Å²) in [5.41, 5.74) is 4.89. The molecule has 1 aromatic carbocycles. The van der Waals surface area contributed by atoms with Gasteiger partial charge in [0, 0.05) is 0 Å². The van der Waals surface area contributed by atoms with Gasteiger partial charge in [-0.15, -0.1) is 0 Å². The number of rotatable bonds is 4. The normalized spacial score (nSPS) is 22.4. The van der Waals surface area contributed by atoms with Crippen LogP contribution in [0.3, 0.4) is 0 Å². The molecule has 0 saturated carbocycles. The predicted molar refractivity (Wildman–Crippen MR) is 77.0 cm³/mol. The van der Waals surface area contributed by atoms with Gasteiger partial charge in [-0.3, -0.25) is 9.59 Å². The summed E-state index contributed by atoms with van der Waals surface area (Å²) in [6.07, 6.45) is 1.44. The summed E-state index contributed by atoms with van der Waals surface area (Å²) in [4.78, 5) is 24.3. The summed E-state index contributed by atoms with van der Waals surface area (Å²) in [5.74, 6) is -5.62. The van der Waals surface area contributed by atoms with Crippen LogP contribution in [0, 0.1) is 23.4 Å². The van der Waals surface area contributed by atoms with Crippen molar-refractivity contribution in [3.05, 3.63) is 29.6 Å². The lowest BCUT2D eigenvalue weighted by atomic mass is 9.96. The van der Waals surface area contributed by atoms with Crippen LogP contribution in [0.4, 0.5) is 18.9 Å². The van der Waals surface area contributed by atoms with Crippen molar-refractivity contribution in [2.24, 2.45) is 11.7 Å². The van der Waals surface area contributed by atoms with Gasteiger partial charge in [0.1, 0.15) is 0 Å². The molecule has 0 aliphatic carbocycles. The number of primary amides is 1. The van der Waals surface area contributed by atoms with E-state index in [0.717, 1.165) is 23.5 Å². The number of carbonyl (C=O) groups excluding carboxylic acids is 2. The number of likely N-dealkylation sites (tertiary alicyclic amines) is 1. The first kappa shape index (κ1) is 17.3. The Balaban J connectivity index is 2.05. The van der Waals surface area contributed by atoms with Crippen molar-refractivity contribution >= 4 is 17.5 Å². The minimum atomic E-state index is -1.63. The first-order valence-corrected chi connectivity index (χ1v) is 7.39. The number of nitrogens with one attached hydrogen (secondary N) is 2. The van der Waals surface area contributed by atoms with Gasteiger partial charge in [-0.2, -0.15) is 0 Å². The maximum atomic E-state index is 13.6. The second-order valence-corrected chi connectivity index (χ2v) is 5.79. The number of nitrogens with two attached hydrogens (primary N) is 1. The maximum absolute atomic E-state index is 13.6. The van der Waals surface area contributed by atoms with E-state index < -0.39 is 41.0 Å². The highest BCUT2D eigenvalue weighted by atomic mass is 19.2. The molecule has 1 unspecified atom stereocenters. The third-order valence-electron chi connectivity index (χ3n) is 4.26. The van der Waals surface area contributed by atoms with Crippen LogP contribution in [0.15, 0.2) is 12.1 Å². The van der Waals surface area contributed by atoms with E-state index in [0.29, 0.717) is 19.5 Å². The van der Waals surface area contributed by atoms with Gasteiger partial charge in [0.2, 0.25) is 5.91 Å². The van der Waals surface area contributed by atoms with E-state index in [1.54, 1.807) is 6.92 Å². The molecule has 3 atom stereocenters. The summed E-state index contributed by atoms with van der Waals surface area (Å²) in [5, 5.41) is 2.26. The quantitative estimate of drug-likeness (QED) is 0.691. The van der Waals surface area contributed by atoms with Gasteiger partial charge < -0.3 is 16.0 Å². The van der Waals surface area contributed by atoms with Crippen molar-refractivity contribution in [1.82, 2.24) is 0 Å². The zero-order chi connectivity index (χ0) is 17.1. The molecule has 4 N–H and O–H groups in total. The van der Waals surface area contributed by atoms with E-state index >= 15 is 0 Å². The maximum Gasteiger partial charge on any atom is 0.282 e. The van der Waals surface area contributed by atoms with E-state index in [-0.39, 0.29) is 5.92 Å². The molecule has 0 radical (unpaired) electrons. The molecule has 1 aliphatic heterocycles. The smallest absolute Gasteiger partial charge is 0.282 e. The minimum Gasteiger partial charge on any atom is -0.369 e. The van der Waals surface area contributed by atoms with Gasteiger partial charge in [-0.1, -0.05) is 0 Å². The van der Waals surface area contributed by atoms with Gasteiger partial charge in [-0.25, -0.2) is 13.2 Å². The third kappa shape index (κ3) is 3.82. The molecule has 1 saturated heterocycles. The lowest BCUT2D eigenvalue weighted by molar-refractivity contribution is -0.921. The second kappa shape index (κ2) is 6.99. The number of halogens is 3. The first-order chi connectivity index (χ1) is 10.8. The number of carbonyl (C=O) groups is 2. The van der Waals surface area contributed by atoms with Crippen LogP contribution in [-0.2, 0) is 9.59 Å². The molecular formula is C15H19F3N3O2+. The first-order valence-electron chi connectivity index (χ1n) is 7.39. The Morgan fingerprint density at radius 1 is 1.30 bits per heavy atom. The Labute approximate surface area is 131 Å². The molecule has 1 aliphatic rings. The second-order valence-electron chi connectivity index (χ2n) is 5.79. The topological polar surface area (TPSA) is 76.6 Å². The van der Waals surface area contributed by atoms with Crippen molar-refractivity contribution in [3.63, 3.8) is 0 Å². The molecule has 8 heteroatoms. The Morgan fingerprint density at radius 3 is 2.65 bits per heavy atom. The van der Waals surface area contributed by atoms with E-state index in [2.05, 4.69) is 5.32 Å². The third-order valence-corrected chi connectivity index (χ3v) is 4.26. The van der Waals surface area contributed by atoms with Crippen LogP contribution in [0.25, 0.3) is 0 Å². The fourth-order valence-electron chi connectivity index (χ4n) is 2.78. The standard InChI is InChI=1S/C15H18F3N3O2/c1-8(21-6-2-3-9(7-21)14(19)22)15(23)20-11-5-4-10(16)12(17)13(11)18/h4-5,8-9H,2-3,6-7H2,1H3,(H2,19,22)(H,20,23)/p+1/t8-,9+/m1/s1. The van der Waals surface area contributed by atoms with Gasteiger partial charge >= 0.3 is 0 Å². The Morgan fingerprint density at radius 2 is 2.00 bits per heavy atom. The van der Waals surface area contributed by atoms with Gasteiger partial charge in [0.15, 0.2) is 23.5 Å². The highest BCUT2D eigenvalue weighted by Gasteiger charge is 2.33. The average Bonchev–Trinajstić information content (AvgIpc) is 2.54. The molecule has 0 bridgehead atoms. The van der Waals surface area contributed by atoms with Crippen LogP contribution < -0.4 is 16.0 Å². The molecule has 1 aromatic rings.